The predicted molar refractivity (Wildman–Crippen MR) is 246 cm³/mol. The maximum absolute atomic E-state index is 14.2. The largest absolute Gasteiger partial charge is 0.508 e. The topological polar surface area (TPSA) is 121 Å². The molecule has 3 aliphatic carbocycles. The van der Waals surface area contributed by atoms with Crippen molar-refractivity contribution >= 4 is 32.3 Å². The van der Waals surface area contributed by atoms with E-state index in [9.17, 15) is 30.6 Å². The average Bonchev–Trinajstić information content (AvgIpc) is 3.85. The maximum Gasteiger partial charge on any atom is 0.142 e. The monoisotopic (exact) mass is 816 g/mol. The Bertz CT molecular complexity index is 3280. The minimum atomic E-state index is -1.80. The summed E-state index contributed by atoms with van der Waals surface area (Å²) in [5, 5.41) is 78.6. The summed E-state index contributed by atoms with van der Waals surface area (Å²) in [4.78, 5) is 0. The molecular formula is C57H36O6. The second-order valence-corrected chi connectivity index (χ2v) is 17.3. The van der Waals surface area contributed by atoms with Gasteiger partial charge in [0.05, 0.1) is 0 Å². The fraction of sp³-hybridized carbons (Fsp3) is 0.0526. The van der Waals surface area contributed by atoms with E-state index in [1.807, 2.05) is 146 Å². The molecule has 6 nitrogen and oxygen atoms in total. The number of hydrogen-bond donors (Lipinski definition) is 6. The summed E-state index contributed by atoms with van der Waals surface area (Å²) >= 11 is 0. The number of phenolic OH excluding ortho intramolecular Hbond substituents is 3. The number of benzene rings is 10. The fourth-order valence-electron chi connectivity index (χ4n) is 11.4. The molecule has 13 rings (SSSR count). The summed E-state index contributed by atoms with van der Waals surface area (Å²) in [5.41, 5.74) is 4.31. The van der Waals surface area contributed by atoms with Crippen LogP contribution >= 0.6 is 0 Å². The van der Waals surface area contributed by atoms with Crippen molar-refractivity contribution < 1.29 is 30.6 Å². The van der Waals surface area contributed by atoms with Gasteiger partial charge in [-0.1, -0.05) is 127 Å². The van der Waals surface area contributed by atoms with Crippen LogP contribution in [-0.2, 0) is 16.8 Å². The standard InChI is InChI=1S/C57H36O6/c58-40-22-16-31-25-37(19-13-34(31)28-40)55(61)46-10-4-1-7-43(46)49-52(55)50-45-9-3-6-12-48(45)57(63,39-21-15-36-30-42(60)24-18-33(36)27-39)54(50)51-44-8-2-5-11-47(44)56(62,53(49)51)38-20-14-35-29-41(59)23-17-32(35)26-38/h1-30,58-63H. The molecule has 3 aliphatic rings. The number of phenols is 3. The third kappa shape index (κ3) is 4.51. The van der Waals surface area contributed by atoms with Crippen molar-refractivity contribution in [2.24, 2.45) is 0 Å². The Morgan fingerprint density at radius 3 is 0.825 bits per heavy atom. The lowest BCUT2D eigenvalue weighted by Crippen LogP contribution is -2.31. The highest BCUT2D eigenvalue weighted by Gasteiger charge is 2.59. The van der Waals surface area contributed by atoms with E-state index in [0.29, 0.717) is 66.8 Å². The SMILES string of the molecule is Oc1ccc2cc(C3(O)c4ccccc4-c4c3c3c(c5c4C(O)(c4ccc6cc(O)ccc6c4)c4ccccc4-5)C(O)(c4ccc5cc(O)ccc5c4)c4ccccc4-3)ccc2c1. The van der Waals surface area contributed by atoms with E-state index in [4.69, 9.17) is 0 Å². The first-order chi connectivity index (χ1) is 30.6. The molecule has 0 fully saturated rings. The minimum Gasteiger partial charge on any atom is -0.508 e. The molecule has 0 bridgehead atoms. The Labute approximate surface area is 361 Å². The van der Waals surface area contributed by atoms with Crippen LogP contribution in [0.2, 0.25) is 0 Å². The van der Waals surface area contributed by atoms with Gasteiger partial charge in [-0.15, -0.1) is 0 Å². The molecule has 63 heavy (non-hydrogen) atoms. The van der Waals surface area contributed by atoms with Gasteiger partial charge in [0, 0.05) is 33.4 Å². The zero-order chi connectivity index (χ0) is 42.6. The molecule has 0 spiro atoms. The van der Waals surface area contributed by atoms with Crippen molar-refractivity contribution in [2.45, 2.75) is 16.8 Å². The summed E-state index contributed by atoms with van der Waals surface area (Å²) in [6, 6.07) is 56.4. The van der Waals surface area contributed by atoms with Crippen LogP contribution in [0.5, 0.6) is 17.2 Å². The van der Waals surface area contributed by atoms with E-state index in [0.717, 1.165) is 49.0 Å². The first-order valence-electron chi connectivity index (χ1n) is 21.0. The molecule has 0 saturated heterocycles. The van der Waals surface area contributed by atoms with Crippen LogP contribution in [0, 0.1) is 0 Å². The molecule has 0 radical (unpaired) electrons. The molecule has 300 valence electrons. The molecule has 0 aromatic heterocycles. The van der Waals surface area contributed by atoms with Crippen molar-refractivity contribution in [1.82, 2.24) is 0 Å². The lowest BCUT2D eigenvalue weighted by atomic mass is 9.73. The van der Waals surface area contributed by atoms with Crippen LogP contribution in [0.25, 0.3) is 65.7 Å². The Morgan fingerprint density at radius 2 is 0.524 bits per heavy atom. The van der Waals surface area contributed by atoms with E-state index in [2.05, 4.69) is 0 Å². The van der Waals surface area contributed by atoms with Gasteiger partial charge in [-0.2, -0.15) is 0 Å². The predicted octanol–water partition coefficient (Wildman–Crippen LogP) is 11.1. The average molecular weight is 817 g/mol. The van der Waals surface area contributed by atoms with Crippen LogP contribution < -0.4 is 0 Å². The Hall–Kier alpha value is -7.74. The third-order valence-electron chi connectivity index (χ3n) is 14.1. The van der Waals surface area contributed by atoms with Crippen LogP contribution in [0.4, 0.5) is 0 Å². The Morgan fingerprint density at radius 1 is 0.270 bits per heavy atom. The molecule has 0 saturated carbocycles. The molecular weight excluding hydrogens is 781 g/mol. The first kappa shape index (κ1) is 36.0. The smallest absolute Gasteiger partial charge is 0.142 e. The normalized spacial score (nSPS) is 20.0. The second kappa shape index (κ2) is 12.2. The molecule has 3 atom stereocenters. The number of rotatable bonds is 3. The van der Waals surface area contributed by atoms with E-state index in [-0.39, 0.29) is 17.2 Å². The van der Waals surface area contributed by atoms with Gasteiger partial charge in [-0.3, -0.25) is 0 Å². The van der Waals surface area contributed by atoms with E-state index in [1.165, 1.54) is 0 Å². The Balaban J connectivity index is 1.24. The lowest BCUT2D eigenvalue weighted by molar-refractivity contribution is 0.123. The summed E-state index contributed by atoms with van der Waals surface area (Å²) in [6.07, 6.45) is 0. The molecule has 10 aromatic carbocycles. The van der Waals surface area contributed by atoms with Crippen molar-refractivity contribution in [3.05, 3.63) is 232 Å². The number of aliphatic hydroxyl groups is 3. The van der Waals surface area contributed by atoms with Crippen molar-refractivity contribution in [3.63, 3.8) is 0 Å². The zero-order valence-electron chi connectivity index (χ0n) is 33.5. The van der Waals surface area contributed by atoms with Crippen LogP contribution in [0.1, 0.15) is 50.1 Å². The van der Waals surface area contributed by atoms with Gasteiger partial charge in [0.15, 0.2) is 0 Å². The van der Waals surface area contributed by atoms with Gasteiger partial charge in [-0.05, 0) is 137 Å². The van der Waals surface area contributed by atoms with Gasteiger partial charge >= 0.3 is 0 Å². The Kier molecular flexibility index (Phi) is 6.97. The van der Waals surface area contributed by atoms with Gasteiger partial charge in [0.2, 0.25) is 0 Å². The van der Waals surface area contributed by atoms with Crippen LogP contribution in [0.3, 0.4) is 0 Å². The zero-order valence-corrected chi connectivity index (χ0v) is 33.5. The first-order valence-corrected chi connectivity index (χ1v) is 21.0. The molecule has 0 amide bonds. The highest BCUT2D eigenvalue weighted by Crippen LogP contribution is 2.69. The molecule has 6 heteroatoms. The van der Waals surface area contributed by atoms with Crippen LogP contribution in [0.15, 0.2) is 182 Å². The molecule has 3 unspecified atom stereocenters. The molecule has 0 aliphatic heterocycles. The number of fused-ring (bicyclic) bond motifs is 15. The number of aromatic hydroxyl groups is 3. The van der Waals surface area contributed by atoms with E-state index >= 15 is 0 Å². The lowest BCUT2D eigenvalue weighted by Gasteiger charge is -2.34. The summed E-state index contributed by atoms with van der Waals surface area (Å²) in [7, 11) is 0. The number of hydrogen-bond acceptors (Lipinski definition) is 6. The summed E-state index contributed by atoms with van der Waals surface area (Å²) < 4.78 is 0. The quantitative estimate of drug-likeness (QED) is 0.106. The van der Waals surface area contributed by atoms with Gasteiger partial charge in [0.25, 0.3) is 0 Å². The fourth-order valence-corrected chi connectivity index (χ4v) is 11.4. The molecule has 6 N–H and O–H groups in total. The van der Waals surface area contributed by atoms with Crippen molar-refractivity contribution in [2.75, 3.05) is 0 Å². The third-order valence-corrected chi connectivity index (χ3v) is 14.1. The molecule has 10 aromatic rings. The van der Waals surface area contributed by atoms with Crippen molar-refractivity contribution in [3.8, 4) is 50.6 Å². The molecule has 0 heterocycles. The summed E-state index contributed by atoms with van der Waals surface area (Å²) in [6.45, 7) is 0. The van der Waals surface area contributed by atoms with Gasteiger partial charge < -0.3 is 30.6 Å². The van der Waals surface area contributed by atoms with Gasteiger partial charge in [0.1, 0.15) is 34.1 Å². The minimum absolute atomic E-state index is 0.143. The summed E-state index contributed by atoms with van der Waals surface area (Å²) in [5.74, 6) is 0.430. The maximum atomic E-state index is 14.2. The van der Waals surface area contributed by atoms with E-state index in [1.54, 1.807) is 36.4 Å². The van der Waals surface area contributed by atoms with Crippen molar-refractivity contribution in [1.29, 1.82) is 0 Å². The van der Waals surface area contributed by atoms with E-state index < -0.39 is 16.8 Å². The second-order valence-electron chi connectivity index (χ2n) is 17.3. The highest BCUT2D eigenvalue weighted by molar-refractivity contribution is 6.06. The van der Waals surface area contributed by atoms with Crippen LogP contribution in [-0.4, -0.2) is 30.6 Å². The highest BCUT2D eigenvalue weighted by atomic mass is 16.3. The van der Waals surface area contributed by atoms with Gasteiger partial charge in [-0.25, -0.2) is 0 Å².